The largest absolute Gasteiger partial charge is 0.506 e. The Kier molecular flexibility index (Phi) is 9.69. The molecule has 1 heterocycles. The number of ketones is 2. The summed E-state index contributed by atoms with van der Waals surface area (Å²) in [5, 5.41) is 30.9. The number of benzene rings is 2. The van der Waals surface area contributed by atoms with Crippen LogP contribution in [0.3, 0.4) is 0 Å². The summed E-state index contributed by atoms with van der Waals surface area (Å²) in [5.74, 6) is -1.33. The Bertz CT molecular complexity index is 2110. The molecular formula is C44H59NO9Si. The molecule has 11 heteroatoms. The van der Waals surface area contributed by atoms with Gasteiger partial charge in [0.2, 0.25) is 5.78 Å². The third kappa shape index (κ3) is 5.49. The van der Waals surface area contributed by atoms with E-state index in [-0.39, 0.29) is 39.6 Å². The summed E-state index contributed by atoms with van der Waals surface area (Å²) in [5.41, 5.74) is -0.228. The van der Waals surface area contributed by atoms with Gasteiger partial charge in [0.25, 0.3) is 5.88 Å². The number of Topliss-reactive ketones (excluding diaryl/α,β-unsaturated/α-hetero) is 2. The highest BCUT2D eigenvalue weighted by atomic mass is 28.4. The second-order valence-corrected chi connectivity index (χ2v) is 23.2. The van der Waals surface area contributed by atoms with Crippen LogP contribution in [0.4, 0.5) is 0 Å². The van der Waals surface area contributed by atoms with Crippen molar-refractivity contribution in [3.05, 3.63) is 51.3 Å². The fourth-order valence-electron chi connectivity index (χ4n) is 9.67. The number of phenolic OH excluding ortho intramolecular Hbond substituents is 1. The molecule has 0 saturated carbocycles. The predicted octanol–water partition coefficient (Wildman–Crippen LogP) is 9.51. The number of ether oxygens (including phenoxy) is 3. The molecule has 10 nitrogen and oxygen atoms in total. The summed E-state index contributed by atoms with van der Waals surface area (Å²) in [7, 11) is -1.13. The minimum atomic E-state index is -2.77. The Balaban J connectivity index is 1.53. The summed E-state index contributed by atoms with van der Waals surface area (Å²) in [6.45, 7) is 21.8. The maximum Gasteiger partial charge on any atom is 0.260 e. The number of unbranched alkanes of at least 4 members (excludes halogenated alkanes) is 2. The van der Waals surface area contributed by atoms with Crippen LogP contribution in [0.5, 0.6) is 23.1 Å². The molecule has 0 saturated heterocycles. The molecule has 0 fully saturated rings. The number of hydrogen-bond donors (Lipinski definition) is 2. The Labute approximate surface area is 326 Å². The first-order chi connectivity index (χ1) is 25.8. The number of methoxy groups -OCH3 is 1. The molecule has 7 rings (SSSR count). The first-order valence-electron chi connectivity index (χ1n) is 20.2. The molecule has 0 bridgehead atoms. The zero-order chi connectivity index (χ0) is 40.0. The van der Waals surface area contributed by atoms with Crippen molar-refractivity contribution in [2.75, 3.05) is 20.3 Å². The van der Waals surface area contributed by atoms with Crippen molar-refractivity contribution < 1.29 is 43.0 Å². The van der Waals surface area contributed by atoms with Gasteiger partial charge in [-0.05, 0) is 73.3 Å². The standard InChI is InChI=1S/C44H59NO9Si/c1-12-14-19-51-27-22-29(50-9)35-30-25(23-43(35)24(3)17-16-18-42(43,7)8)31-34(37(47)32(27)30)38(48)44(49)26(36(31)46)21-28-33(40(45-53-28)52-20-15-13-2)39(44)54-55(10,11)41(4,5)6/h17,22,26,39,47,49H,12-16,18-21,23H2,1-11H3/t26-,39-,43+,44+/m0/s1. The zero-order valence-electron chi connectivity index (χ0n) is 34.6. The van der Waals surface area contributed by atoms with Crippen LogP contribution >= 0.6 is 0 Å². The van der Waals surface area contributed by atoms with E-state index in [9.17, 15) is 10.2 Å². The van der Waals surface area contributed by atoms with Crippen LogP contribution in [0.2, 0.25) is 18.1 Å². The van der Waals surface area contributed by atoms with Gasteiger partial charge in [-0.25, -0.2) is 0 Å². The summed E-state index contributed by atoms with van der Waals surface area (Å²) < 4.78 is 31.6. The maximum atomic E-state index is 15.6. The van der Waals surface area contributed by atoms with E-state index in [2.05, 4.69) is 66.6 Å². The Morgan fingerprint density at radius 2 is 1.69 bits per heavy atom. The summed E-state index contributed by atoms with van der Waals surface area (Å²) in [4.78, 5) is 31.0. The summed E-state index contributed by atoms with van der Waals surface area (Å²) in [6.07, 6.45) is 6.40. The van der Waals surface area contributed by atoms with Gasteiger partial charge < -0.3 is 33.4 Å². The van der Waals surface area contributed by atoms with Crippen LogP contribution in [0.1, 0.15) is 143 Å². The molecule has 55 heavy (non-hydrogen) atoms. The number of aromatic nitrogens is 1. The van der Waals surface area contributed by atoms with Gasteiger partial charge in [-0.3, -0.25) is 9.59 Å². The molecule has 0 amide bonds. The van der Waals surface area contributed by atoms with Crippen LogP contribution in [0, 0.1) is 11.3 Å². The number of aliphatic hydroxyl groups is 1. The minimum Gasteiger partial charge on any atom is -0.506 e. The SMILES string of the molecule is CCCCOc1noc2c1[C@H](O[Si](C)(C)C(C)(C)C)[C@]1(O)C(=O)c3c(c4c5c(c(OC)cc(OCCCC)c5c3O)[C@@]3(C4)C(C)=CCCC3(C)C)C(=O)[C@@H]1C2. The molecular weight excluding hydrogens is 715 g/mol. The van der Waals surface area contributed by atoms with Crippen LogP contribution < -0.4 is 14.2 Å². The highest BCUT2D eigenvalue weighted by molar-refractivity contribution is 6.74. The van der Waals surface area contributed by atoms with Gasteiger partial charge in [-0.2, -0.15) is 0 Å². The molecule has 3 aromatic rings. The van der Waals surface area contributed by atoms with Crippen molar-refractivity contribution in [2.45, 2.75) is 142 Å². The number of carbonyl (C=O) groups excluding carboxylic acids is 2. The Morgan fingerprint density at radius 1 is 1.02 bits per heavy atom. The number of carbonyl (C=O) groups is 2. The first kappa shape index (κ1) is 39.6. The lowest BCUT2D eigenvalue weighted by atomic mass is 9.54. The van der Waals surface area contributed by atoms with E-state index in [4.69, 9.17) is 23.2 Å². The molecule has 0 radical (unpaired) electrons. The Morgan fingerprint density at radius 3 is 2.31 bits per heavy atom. The number of aromatic hydroxyl groups is 1. The molecule has 2 aromatic carbocycles. The maximum absolute atomic E-state index is 15.6. The molecule has 298 valence electrons. The molecule has 2 N–H and O–H groups in total. The highest BCUT2D eigenvalue weighted by Gasteiger charge is 2.66. The van der Waals surface area contributed by atoms with Crippen LogP contribution in [0.25, 0.3) is 10.8 Å². The quantitative estimate of drug-likeness (QED) is 0.110. The van der Waals surface area contributed by atoms with E-state index >= 15 is 9.59 Å². The normalized spacial score (nSPS) is 25.5. The number of nitrogens with zero attached hydrogens (tertiary/aromatic N) is 1. The van der Waals surface area contributed by atoms with Crippen LogP contribution in [-0.4, -0.2) is 61.2 Å². The summed E-state index contributed by atoms with van der Waals surface area (Å²) in [6, 6.07) is 1.83. The van der Waals surface area contributed by atoms with Gasteiger partial charge in [0, 0.05) is 34.4 Å². The number of allylic oxidation sites excluding steroid dienone is 2. The van der Waals surface area contributed by atoms with Gasteiger partial charge in [-0.15, -0.1) is 0 Å². The van der Waals surface area contributed by atoms with E-state index in [0.29, 0.717) is 58.8 Å². The third-order valence-electron chi connectivity index (χ3n) is 13.9. The van der Waals surface area contributed by atoms with Crippen molar-refractivity contribution in [3.8, 4) is 23.1 Å². The molecule has 4 aliphatic carbocycles. The smallest absolute Gasteiger partial charge is 0.260 e. The second-order valence-electron chi connectivity index (χ2n) is 18.4. The molecule has 4 atom stereocenters. The minimum absolute atomic E-state index is 0.0818. The van der Waals surface area contributed by atoms with Crippen molar-refractivity contribution in [1.82, 2.24) is 5.16 Å². The summed E-state index contributed by atoms with van der Waals surface area (Å²) >= 11 is 0. The van der Waals surface area contributed by atoms with E-state index in [1.54, 1.807) is 7.11 Å². The average Bonchev–Trinajstić information content (AvgIpc) is 3.69. The average molecular weight is 774 g/mol. The fraction of sp³-hybridized carbons (Fsp3) is 0.614. The molecule has 1 spiro atoms. The van der Waals surface area contributed by atoms with E-state index in [1.165, 1.54) is 0 Å². The van der Waals surface area contributed by atoms with Gasteiger partial charge in [-0.1, -0.05) is 73.0 Å². The molecule has 1 aromatic heterocycles. The molecule has 0 aliphatic heterocycles. The molecule has 4 aliphatic rings. The monoisotopic (exact) mass is 773 g/mol. The number of hydrogen-bond acceptors (Lipinski definition) is 10. The van der Waals surface area contributed by atoms with E-state index in [0.717, 1.165) is 49.7 Å². The number of rotatable bonds is 11. The predicted molar refractivity (Wildman–Crippen MR) is 213 cm³/mol. The number of phenols is 1. The van der Waals surface area contributed by atoms with Gasteiger partial charge in [0.1, 0.15) is 29.1 Å². The fourth-order valence-corrected chi connectivity index (χ4v) is 10.9. The van der Waals surface area contributed by atoms with Gasteiger partial charge in [0.15, 0.2) is 19.7 Å². The van der Waals surface area contributed by atoms with Crippen molar-refractivity contribution in [2.24, 2.45) is 11.3 Å². The number of fused-ring (bicyclic) bond motifs is 5. The van der Waals surface area contributed by atoms with Crippen LogP contribution in [0.15, 0.2) is 22.2 Å². The first-order valence-corrected chi connectivity index (χ1v) is 23.1. The second kappa shape index (κ2) is 13.5. The zero-order valence-corrected chi connectivity index (χ0v) is 35.6. The topological polar surface area (TPSA) is 138 Å². The van der Waals surface area contributed by atoms with Gasteiger partial charge in [0.05, 0.1) is 42.8 Å². The molecule has 0 unspecified atom stereocenters. The van der Waals surface area contributed by atoms with Crippen molar-refractivity contribution in [1.29, 1.82) is 0 Å². The lowest BCUT2D eigenvalue weighted by Gasteiger charge is -2.50. The Hall–Kier alpha value is -3.67. The van der Waals surface area contributed by atoms with E-state index in [1.807, 2.05) is 19.2 Å². The van der Waals surface area contributed by atoms with Crippen molar-refractivity contribution in [3.63, 3.8) is 0 Å². The van der Waals surface area contributed by atoms with Crippen LogP contribution in [-0.2, 0) is 22.7 Å². The van der Waals surface area contributed by atoms with E-state index < -0.39 is 42.9 Å². The third-order valence-corrected chi connectivity index (χ3v) is 18.4. The van der Waals surface area contributed by atoms with Crippen molar-refractivity contribution >= 4 is 30.7 Å². The van der Waals surface area contributed by atoms with Gasteiger partial charge >= 0.3 is 0 Å². The lowest BCUT2D eigenvalue weighted by Crippen LogP contribution is -2.62. The lowest BCUT2D eigenvalue weighted by molar-refractivity contribution is -0.0833. The highest BCUT2D eigenvalue weighted by Crippen LogP contribution is 2.66.